The lowest BCUT2D eigenvalue weighted by Crippen LogP contribution is -2.54. The molecule has 1 saturated heterocycles. The number of carbonyl (C=O) groups is 3. The van der Waals surface area contributed by atoms with Crippen molar-refractivity contribution >= 4 is 23.5 Å². The molecule has 3 rings (SSSR count). The summed E-state index contributed by atoms with van der Waals surface area (Å²) in [6.45, 7) is 5.71. The maximum Gasteiger partial charge on any atom is 0.325 e. The van der Waals surface area contributed by atoms with Gasteiger partial charge in [0.05, 0.1) is 0 Å². The third-order valence-electron chi connectivity index (χ3n) is 5.59. The predicted molar refractivity (Wildman–Crippen MR) is 95.2 cm³/mol. The molecule has 6 heteroatoms. The highest BCUT2D eigenvalue weighted by molar-refractivity contribution is 6.10. The van der Waals surface area contributed by atoms with E-state index in [0.29, 0.717) is 12.1 Å². The van der Waals surface area contributed by atoms with Crippen molar-refractivity contribution in [3.63, 3.8) is 0 Å². The number of nitrogens with one attached hydrogen (secondary N) is 2. The van der Waals surface area contributed by atoms with Crippen LogP contribution in [0.3, 0.4) is 0 Å². The molecule has 4 amide bonds. The summed E-state index contributed by atoms with van der Waals surface area (Å²) < 4.78 is 0. The molecule has 134 valence electrons. The van der Waals surface area contributed by atoms with Gasteiger partial charge >= 0.3 is 6.03 Å². The number of amides is 4. The number of rotatable bonds is 3. The highest BCUT2D eigenvalue weighted by atomic mass is 16.2. The van der Waals surface area contributed by atoms with E-state index in [1.165, 1.54) is 0 Å². The van der Waals surface area contributed by atoms with Gasteiger partial charge in [-0.1, -0.05) is 25.8 Å². The molecule has 1 aliphatic carbocycles. The smallest absolute Gasteiger partial charge is 0.325 e. The fourth-order valence-electron chi connectivity index (χ4n) is 3.80. The third kappa shape index (κ3) is 3.13. The highest BCUT2D eigenvalue weighted by Gasteiger charge is 2.55. The summed E-state index contributed by atoms with van der Waals surface area (Å²) in [6, 6.07) is 5.16. The van der Waals surface area contributed by atoms with Gasteiger partial charge in [-0.2, -0.15) is 0 Å². The normalized spacial score (nSPS) is 26.0. The fourth-order valence-corrected chi connectivity index (χ4v) is 3.80. The summed E-state index contributed by atoms with van der Waals surface area (Å²) in [5.41, 5.74) is 2.06. The number of nitrogens with zero attached hydrogens (tertiary/aromatic N) is 1. The number of hydrogen-bond donors (Lipinski definition) is 2. The van der Waals surface area contributed by atoms with Crippen molar-refractivity contribution in [2.45, 2.75) is 52.0 Å². The summed E-state index contributed by atoms with van der Waals surface area (Å²) in [5.74, 6) is -0.544. The van der Waals surface area contributed by atoms with Gasteiger partial charge in [0.25, 0.3) is 5.91 Å². The Kier molecular flexibility index (Phi) is 4.54. The van der Waals surface area contributed by atoms with Crippen molar-refractivity contribution in [2.75, 3.05) is 11.9 Å². The van der Waals surface area contributed by atoms with E-state index < -0.39 is 11.6 Å². The van der Waals surface area contributed by atoms with E-state index in [4.69, 9.17) is 0 Å². The second-order valence-corrected chi connectivity index (χ2v) is 7.29. The Labute approximate surface area is 148 Å². The van der Waals surface area contributed by atoms with Crippen molar-refractivity contribution in [2.24, 2.45) is 5.92 Å². The first kappa shape index (κ1) is 17.5. The lowest BCUT2D eigenvalue weighted by Gasteiger charge is -2.36. The van der Waals surface area contributed by atoms with E-state index >= 15 is 0 Å². The molecule has 25 heavy (non-hydrogen) atoms. The van der Waals surface area contributed by atoms with Gasteiger partial charge in [-0.3, -0.25) is 14.5 Å². The van der Waals surface area contributed by atoms with Crippen molar-refractivity contribution in [1.29, 1.82) is 0 Å². The number of urea groups is 1. The summed E-state index contributed by atoms with van der Waals surface area (Å²) in [6.07, 6.45) is 3.54. The quantitative estimate of drug-likeness (QED) is 0.828. The second kappa shape index (κ2) is 6.50. The Bertz CT molecular complexity index is 731. The van der Waals surface area contributed by atoms with E-state index in [9.17, 15) is 14.4 Å². The molecule has 1 aromatic carbocycles. The van der Waals surface area contributed by atoms with Gasteiger partial charge in [0.1, 0.15) is 12.1 Å². The van der Waals surface area contributed by atoms with Crippen LogP contribution in [-0.2, 0) is 9.59 Å². The molecule has 1 spiro atoms. The third-order valence-corrected chi connectivity index (χ3v) is 5.59. The molecule has 1 aliphatic heterocycles. The van der Waals surface area contributed by atoms with Crippen LogP contribution in [0.5, 0.6) is 0 Å². The maximum absolute atomic E-state index is 12.9. The standard InChI is InChI=1S/C19H25N3O3/c1-12-7-8-15(10-13(12)2)20-16(23)11-22-17(24)19(21-18(22)25)9-5-4-6-14(19)3/h7-8,10,14H,4-6,9,11H2,1-3H3,(H,20,23)(H,21,25)/t14-,19-/m0/s1. The minimum atomic E-state index is -0.823. The van der Waals surface area contributed by atoms with Crippen molar-refractivity contribution in [1.82, 2.24) is 10.2 Å². The molecule has 2 aliphatic rings. The van der Waals surface area contributed by atoms with Crippen LogP contribution in [0.4, 0.5) is 10.5 Å². The zero-order valence-corrected chi connectivity index (χ0v) is 15.0. The van der Waals surface area contributed by atoms with Gasteiger partial charge in [0, 0.05) is 5.69 Å². The molecule has 2 N–H and O–H groups in total. The van der Waals surface area contributed by atoms with Crippen LogP contribution >= 0.6 is 0 Å². The van der Waals surface area contributed by atoms with Crippen molar-refractivity contribution in [3.8, 4) is 0 Å². The molecule has 1 heterocycles. The molecule has 1 saturated carbocycles. The summed E-state index contributed by atoms with van der Waals surface area (Å²) in [7, 11) is 0. The lowest BCUT2D eigenvalue weighted by atomic mass is 9.73. The highest BCUT2D eigenvalue weighted by Crippen LogP contribution is 2.38. The van der Waals surface area contributed by atoms with Crippen LogP contribution in [-0.4, -0.2) is 34.8 Å². The summed E-state index contributed by atoms with van der Waals surface area (Å²) in [4.78, 5) is 38.5. The SMILES string of the molecule is Cc1ccc(NC(=O)CN2C(=O)N[C@]3(CCCC[C@@H]3C)C2=O)cc1C. The van der Waals surface area contributed by atoms with Gasteiger partial charge in [-0.05, 0) is 55.9 Å². The van der Waals surface area contributed by atoms with Crippen LogP contribution < -0.4 is 10.6 Å². The molecule has 0 radical (unpaired) electrons. The second-order valence-electron chi connectivity index (χ2n) is 7.29. The van der Waals surface area contributed by atoms with Crippen LogP contribution in [0, 0.1) is 19.8 Å². The Balaban J connectivity index is 1.69. The molecule has 0 aromatic heterocycles. The Morgan fingerprint density at radius 2 is 2.04 bits per heavy atom. The van der Waals surface area contributed by atoms with Crippen molar-refractivity contribution < 1.29 is 14.4 Å². The van der Waals surface area contributed by atoms with E-state index in [0.717, 1.165) is 35.3 Å². The minimum Gasteiger partial charge on any atom is -0.325 e. The minimum absolute atomic E-state index is 0.0884. The van der Waals surface area contributed by atoms with Crippen LogP contribution in [0.15, 0.2) is 18.2 Å². The van der Waals surface area contributed by atoms with Crippen molar-refractivity contribution in [3.05, 3.63) is 29.3 Å². The lowest BCUT2D eigenvalue weighted by molar-refractivity contribution is -0.136. The van der Waals surface area contributed by atoms with Gasteiger partial charge in [0.2, 0.25) is 5.91 Å². The Morgan fingerprint density at radius 3 is 2.72 bits per heavy atom. The van der Waals surface area contributed by atoms with E-state index in [-0.39, 0.29) is 24.3 Å². The zero-order valence-electron chi connectivity index (χ0n) is 15.0. The first-order valence-electron chi connectivity index (χ1n) is 8.85. The molecular formula is C19H25N3O3. The fraction of sp³-hybridized carbons (Fsp3) is 0.526. The van der Waals surface area contributed by atoms with E-state index in [1.54, 1.807) is 0 Å². The predicted octanol–water partition coefficient (Wildman–Crippen LogP) is 2.74. The van der Waals surface area contributed by atoms with Crippen LogP contribution in [0.25, 0.3) is 0 Å². The number of anilines is 1. The van der Waals surface area contributed by atoms with Gasteiger partial charge in [0.15, 0.2) is 0 Å². The van der Waals surface area contributed by atoms with Crippen LogP contribution in [0.1, 0.15) is 43.7 Å². The molecule has 6 nitrogen and oxygen atoms in total. The molecule has 1 aromatic rings. The largest absolute Gasteiger partial charge is 0.325 e. The number of hydrogen-bond acceptors (Lipinski definition) is 3. The Hall–Kier alpha value is -2.37. The molecule has 2 atom stereocenters. The van der Waals surface area contributed by atoms with Gasteiger partial charge < -0.3 is 10.6 Å². The van der Waals surface area contributed by atoms with E-state index in [1.807, 2.05) is 39.0 Å². The molecule has 0 unspecified atom stereocenters. The maximum atomic E-state index is 12.9. The average molecular weight is 343 g/mol. The molecule has 0 bridgehead atoms. The number of imide groups is 1. The first-order valence-corrected chi connectivity index (χ1v) is 8.85. The molecule has 2 fully saturated rings. The zero-order chi connectivity index (χ0) is 18.2. The Morgan fingerprint density at radius 1 is 1.28 bits per heavy atom. The topological polar surface area (TPSA) is 78.5 Å². The van der Waals surface area contributed by atoms with Gasteiger partial charge in [-0.25, -0.2) is 4.79 Å². The summed E-state index contributed by atoms with van der Waals surface area (Å²) >= 11 is 0. The number of benzene rings is 1. The number of carbonyl (C=O) groups excluding carboxylic acids is 3. The summed E-state index contributed by atoms with van der Waals surface area (Å²) in [5, 5.41) is 5.63. The van der Waals surface area contributed by atoms with Gasteiger partial charge in [-0.15, -0.1) is 0 Å². The first-order chi connectivity index (χ1) is 11.8. The monoisotopic (exact) mass is 343 g/mol. The van der Waals surface area contributed by atoms with E-state index in [2.05, 4.69) is 10.6 Å². The number of aryl methyl sites for hydroxylation is 2. The van der Waals surface area contributed by atoms with Crippen LogP contribution in [0.2, 0.25) is 0 Å². The molecular weight excluding hydrogens is 318 g/mol. The average Bonchev–Trinajstić information content (AvgIpc) is 2.79.